The summed E-state index contributed by atoms with van der Waals surface area (Å²) < 4.78 is 7.35. The van der Waals surface area contributed by atoms with Gasteiger partial charge in [0, 0.05) is 36.6 Å². The molecule has 5 heteroatoms. The average molecular weight is 426 g/mol. The topological polar surface area (TPSA) is 56.1 Å². The molecule has 0 spiro atoms. The standard InChI is InChI=1S/C27H27N3O2/c1-32-26-10-3-2-7-22(26)16-29-17-24-13-23-12-20-8-4-9-21(20)14-25(23)30(27(24)31)18-19-6-5-11-28-15-19/h2-3,5-7,10-15,29H,4,8-9,16-18H2,1H3. The second-order valence-corrected chi connectivity index (χ2v) is 8.37. The zero-order valence-corrected chi connectivity index (χ0v) is 18.3. The van der Waals surface area contributed by atoms with E-state index in [1.165, 1.54) is 17.5 Å². The highest BCUT2D eigenvalue weighted by Gasteiger charge is 2.16. The maximum absolute atomic E-state index is 13.5. The number of hydrogen-bond donors (Lipinski definition) is 1. The summed E-state index contributed by atoms with van der Waals surface area (Å²) in [5.74, 6) is 0.850. The van der Waals surface area contributed by atoms with Gasteiger partial charge in [-0.1, -0.05) is 24.3 Å². The van der Waals surface area contributed by atoms with E-state index >= 15 is 0 Å². The minimum atomic E-state index is 0.0480. The van der Waals surface area contributed by atoms with Crippen molar-refractivity contribution < 1.29 is 4.74 Å². The molecule has 1 N–H and O–H groups in total. The fourth-order valence-electron chi connectivity index (χ4n) is 4.65. The van der Waals surface area contributed by atoms with E-state index in [1.54, 1.807) is 13.3 Å². The summed E-state index contributed by atoms with van der Waals surface area (Å²) >= 11 is 0. The van der Waals surface area contributed by atoms with Crippen molar-refractivity contribution >= 4 is 10.9 Å². The first kappa shape index (κ1) is 20.5. The van der Waals surface area contributed by atoms with E-state index in [2.05, 4.69) is 28.5 Å². The van der Waals surface area contributed by atoms with Crippen LogP contribution >= 0.6 is 0 Å². The minimum absolute atomic E-state index is 0.0480. The van der Waals surface area contributed by atoms with Gasteiger partial charge in [-0.05, 0) is 71.7 Å². The van der Waals surface area contributed by atoms with Gasteiger partial charge in [0.25, 0.3) is 5.56 Å². The lowest BCUT2D eigenvalue weighted by atomic mass is 10.0. The van der Waals surface area contributed by atoms with Crippen molar-refractivity contribution in [3.63, 3.8) is 0 Å². The van der Waals surface area contributed by atoms with Crippen LogP contribution in [0.25, 0.3) is 10.9 Å². The molecule has 4 aromatic rings. The lowest BCUT2D eigenvalue weighted by molar-refractivity contribution is 0.407. The monoisotopic (exact) mass is 425 g/mol. The smallest absolute Gasteiger partial charge is 0.255 e. The van der Waals surface area contributed by atoms with Gasteiger partial charge in [-0.15, -0.1) is 0 Å². The van der Waals surface area contributed by atoms with E-state index in [0.29, 0.717) is 19.6 Å². The molecular formula is C27H27N3O2. The molecule has 2 heterocycles. The van der Waals surface area contributed by atoms with Crippen LogP contribution in [0, 0.1) is 0 Å². The third-order valence-corrected chi connectivity index (χ3v) is 6.27. The van der Waals surface area contributed by atoms with Crippen LogP contribution in [0.2, 0.25) is 0 Å². The second kappa shape index (κ2) is 8.97. The van der Waals surface area contributed by atoms with Gasteiger partial charge in [0.15, 0.2) is 0 Å². The molecule has 0 saturated heterocycles. The first-order chi connectivity index (χ1) is 15.7. The second-order valence-electron chi connectivity index (χ2n) is 8.37. The molecule has 1 aliphatic carbocycles. The molecule has 162 valence electrons. The highest BCUT2D eigenvalue weighted by Crippen LogP contribution is 2.27. The van der Waals surface area contributed by atoms with Gasteiger partial charge in [0.05, 0.1) is 19.2 Å². The Balaban J connectivity index is 1.50. The summed E-state index contributed by atoms with van der Waals surface area (Å²) in [4.78, 5) is 17.8. The molecule has 0 fully saturated rings. The van der Waals surface area contributed by atoms with Crippen LogP contribution in [0.15, 0.2) is 71.8 Å². The Morgan fingerprint density at radius 3 is 2.62 bits per heavy atom. The predicted molar refractivity (Wildman–Crippen MR) is 127 cm³/mol. The van der Waals surface area contributed by atoms with Crippen molar-refractivity contribution in [3.8, 4) is 5.75 Å². The molecule has 0 saturated carbocycles. The van der Waals surface area contributed by atoms with Crippen LogP contribution in [-0.2, 0) is 32.5 Å². The Hall–Kier alpha value is -3.44. The maximum atomic E-state index is 13.5. The molecule has 32 heavy (non-hydrogen) atoms. The van der Waals surface area contributed by atoms with Crippen LogP contribution in [0.4, 0.5) is 0 Å². The SMILES string of the molecule is COc1ccccc1CNCc1cc2cc3c(cc2n(Cc2cccnc2)c1=O)CCC3. The van der Waals surface area contributed by atoms with Crippen molar-refractivity contribution in [2.24, 2.45) is 0 Å². The largest absolute Gasteiger partial charge is 0.496 e. The molecule has 0 amide bonds. The first-order valence-corrected chi connectivity index (χ1v) is 11.1. The molecule has 2 aromatic heterocycles. The first-order valence-electron chi connectivity index (χ1n) is 11.1. The summed E-state index contributed by atoms with van der Waals surface area (Å²) in [6.45, 7) is 1.65. The number of pyridine rings is 2. The summed E-state index contributed by atoms with van der Waals surface area (Å²) in [5, 5.41) is 4.56. The quantitative estimate of drug-likeness (QED) is 0.481. The van der Waals surface area contributed by atoms with Gasteiger partial charge < -0.3 is 14.6 Å². The number of aryl methyl sites for hydroxylation is 2. The normalized spacial score (nSPS) is 12.8. The summed E-state index contributed by atoms with van der Waals surface area (Å²) in [6, 6.07) is 18.4. The Kier molecular flexibility index (Phi) is 5.73. The number of methoxy groups -OCH3 is 1. The van der Waals surface area contributed by atoms with Crippen molar-refractivity contribution in [1.29, 1.82) is 0 Å². The van der Waals surface area contributed by atoms with E-state index in [1.807, 2.05) is 47.2 Å². The lowest BCUT2D eigenvalue weighted by Gasteiger charge is -2.15. The van der Waals surface area contributed by atoms with E-state index in [0.717, 1.165) is 46.2 Å². The van der Waals surface area contributed by atoms with E-state index in [9.17, 15) is 4.79 Å². The number of nitrogens with zero attached hydrogens (tertiary/aromatic N) is 2. The van der Waals surface area contributed by atoms with E-state index in [-0.39, 0.29) is 5.56 Å². The number of ether oxygens (including phenoxy) is 1. The summed E-state index contributed by atoms with van der Waals surface area (Å²) in [6.07, 6.45) is 6.99. The van der Waals surface area contributed by atoms with Crippen molar-refractivity contribution in [2.45, 2.75) is 38.9 Å². The maximum Gasteiger partial charge on any atom is 0.255 e. The number of nitrogens with one attached hydrogen (secondary N) is 1. The zero-order valence-electron chi connectivity index (χ0n) is 18.3. The molecule has 0 unspecified atom stereocenters. The Bertz CT molecular complexity index is 1310. The molecule has 5 nitrogen and oxygen atoms in total. The van der Waals surface area contributed by atoms with Gasteiger partial charge in [-0.2, -0.15) is 0 Å². The number of hydrogen-bond acceptors (Lipinski definition) is 4. The van der Waals surface area contributed by atoms with E-state index < -0.39 is 0 Å². The number of rotatable bonds is 7. The Labute approximate surface area is 187 Å². The van der Waals surface area contributed by atoms with Crippen LogP contribution in [0.1, 0.15) is 34.2 Å². The molecule has 5 rings (SSSR count). The van der Waals surface area contributed by atoms with Crippen LogP contribution < -0.4 is 15.6 Å². The molecule has 1 aliphatic rings. The van der Waals surface area contributed by atoms with E-state index in [4.69, 9.17) is 4.74 Å². The molecule has 2 aromatic carbocycles. The van der Waals surface area contributed by atoms with Gasteiger partial charge in [-0.3, -0.25) is 9.78 Å². The van der Waals surface area contributed by atoms with Crippen molar-refractivity contribution in [2.75, 3.05) is 7.11 Å². The van der Waals surface area contributed by atoms with Gasteiger partial charge in [-0.25, -0.2) is 0 Å². The Morgan fingerprint density at radius 2 is 1.81 bits per heavy atom. The fourth-order valence-corrected chi connectivity index (χ4v) is 4.65. The van der Waals surface area contributed by atoms with Crippen molar-refractivity contribution in [3.05, 3.63) is 105 Å². The highest BCUT2D eigenvalue weighted by atomic mass is 16.5. The third-order valence-electron chi connectivity index (χ3n) is 6.27. The number of para-hydroxylation sites is 1. The third kappa shape index (κ3) is 4.04. The summed E-state index contributed by atoms with van der Waals surface area (Å²) in [5.41, 5.74) is 6.71. The summed E-state index contributed by atoms with van der Waals surface area (Å²) in [7, 11) is 1.68. The number of benzene rings is 2. The van der Waals surface area contributed by atoms with Gasteiger partial charge >= 0.3 is 0 Å². The zero-order chi connectivity index (χ0) is 21.9. The molecular weight excluding hydrogens is 398 g/mol. The molecule has 0 bridgehead atoms. The highest BCUT2D eigenvalue weighted by molar-refractivity contribution is 5.82. The Morgan fingerprint density at radius 1 is 1.00 bits per heavy atom. The van der Waals surface area contributed by atoms with Crippen LogP contribution in [0.5, 0.6) is 5.75 Å². The van der Waals surface area contributed by atoms with Gasteiger partial charge in [0.1, 0.15) is 5.75 Å². The minimum Gasteiger partial charge on any atom is -0.496 e. The molecule has 0 atom stereocenters. The number of fused-ring (bicyclic) bond motifs is 2. The van der Waals surface area contributed by atoms with Crippen LogP contribution in [-0.4, -0.2) is 16.7 Å². The predicted octanol–water partition coefficient (Wildman–Crippen LogP) is 4.23. The average Bonchev–Trinajstić information content (AvgIpc) is 3.29. The molecule has 0 radical (unpaired) electrons. The lowest BCUT2D eigenvalue weighted by Crippen LogP contribution is -2.28. The molecule has 0 aliphatic heterocycles. The number of aromatic nitrogens is 2. The van der Waals surface area contributed by atoms with Crippen molar-refractivity contribution in [1.82, 2.24) is 14.9 Å². The van der Waals surface area contributed by atoms with Gasteiger partial charge in [0.2, 0.25) is 0 Å². The van der Waals surface area contributed by atoms with Crippen LogP contribution in [0.3, 0.4) is 0 Å². The fraction of sp³-hybridized carbons (Fsp3) is 0.259.